The summed E-state index contributed by atoms with van der Waals surface area (Å²) < 4.78 is 26.6. The van der Waals surface area contributed by atoms with Gasteiger partial charge in [0, 0.05) is 19.2 Å². The number of rotatable bonds is 3. The highest BCUT2D eigenvalue weighted by atomic mass is 32.2. The highest BCUT2D eigenvalue weighted by Crippen LogP contribution is 2.18. The molecule has 0 fully saturated rings. The Labute approximate surface area is 117 Å². The van der Waals surface area contributed by atoms with Gasteiger partial charge in [-0.15, -0.1) is 10.2 Å². The molecule has 7 heteroatoms. The van der Waals surface area contributed by atoms with Gasteiger partial charge < -0.3 is 4.57 Å². The summed E-state index contributed by atoms with van der Waals surface area (Å²) in [5.74, 6) is 1.28. The zero-order chi connectivity index (χ0) is 14.0. The van der Waals surface area contributed by atoms with Crippen LogP contribution in [0.4, 0.5) is 0 Å². The molecule has 0 radical (unpaired) electrons. The molecule has 1 aliphatic heterocycles. The van der Waals surface area contributed by atoms with Crippen LogP contribution in [-0.4, -0.2) is 28.2 Å². The highest BCUT2D eigenvalue weighted by Gasteiger charge is 2.22. The van der Waals surface area contributed by atoms with E-state index in [1.165, 1.54) is 12.3 Å². The van der Waals surface area contributed by atoms with E-state index in [4.69, 9.17) is 0 Å². The van der Waals surface area contributed by atoms with Crippen LogP contribution >= 0.6 is 0 Å². The van der Waals surface area contributed by atoms with Crippen LogP contribution in [0.15, 0.2) is 29.4 Å². The van der Waals surface area contributed by atoms with Gasteiger partial charge in [0.2, 0.25) is 9.84 Å². The normalized spacial score (nSPS) is 15.6. The molecule has 2 aromatic rings. The quantitative estimate of drug-likeness (QED) is 0.854. The number of hydrogen-bond acceptors (Lipinski definition) is 5. The Morgan fingerprint density at radius 3 is 2.85 bits per heavy atom. The maximum absolute atomic E-state index is 12.3. The second-order valence-corrected chi connectivity index (χ2v) is 6.86. The predicted octanol–water partition coefficient (Wildman–Crippen LogP) is 1.37. The number of hydrogen-bond donors (Lipinski definition) is 0. The smallest absolute Gasteiger partial charge is 0.202 e. The topological polar surface area (TPSA) is 77.7 Å². The third kappa shape index (κ3) is 2.58. The lowest BCUT2D eigenvalue weighted by Crippen LogP contribution is -2.13. The standard InChI is InChI=1S/C13H16N4O2S/c18-20(19,13-7-3-4-8-14-13)10-12-16-15-11-6-2-1-5-9-17(11)12/h3-4,7-8H,1-2,5-6,9-10H2. The minimum absolute atomic E-state index is 0.0889. The summed E-state index contributed by atoms with van der Waals surface area (Å²) in [5.41, 5.74) is 0. The summed E-state index contributed by atoms with van der Waals surface area (Å²) in [6.45, 7) is 0.801. The first-order valence-electron chi connectivity index (χ1n) is 6.71. The molecule has 0 spiro atoms. The molecule has 2 aromatic heterocycles. The molecule has 0 saturated heterocycles. The third-order valence-corrected chi connectivity index (χ3v) is 4.98. The number of nitrogens with zero attached hydrogens (tertiary/aromatic N) is 4. The minimum atomic E-state index is -3.46. The first kappa shape index (κ1) is 13.2. The van der Waals surface area contributed by atoms with Crippen molar-refractivity contribution >= 4 is 9.84 Å². The molecule has 0 saturated carbocycles. The first-order chi connectivity index (χ1) is 9.67. The van der Waals surface area contributed by atoms with Crippen molar-refractivity contribution in [2.75, 3.05) is 0 Å². The lowest BCUT2D eigenvalue weighted by Gasteiger charge is -2.07. The van der Waals surface area contributed by atoms with Crippen molar-refractivity contribution in [1.82, 2.24) is 19.7 Å². The summed E-state index contributed by atoms with van der Waals surface area (Å²) in [6, 6.07) is 4.88. The van der Waals surface area contributed by atoms with E-state index in [0.29, 0.717) is 5.82 Å². The van der Waals surface area contributed by atoms with Crippen molar-refractivity contribution in [3.63, 3.8) is 0 Å². The molecule has 0 bridgehead atoms. The van der Waals surface area contributed by atoms with E-state index in [0.717, 1.165) is 38.1 Å². The lowest BCUT2D eigenvalue weighted by atomic mass is 10.2. The second kappa shape index (κ2) is 5.32. The van der Waals surface area contributed by atoms with Crippen LogP contribution in [0.1, 0.15) is 30.9 Å². The number of aromatic nitrogens is 4. The fourth-order valence-electron chi connectivity index (χ4n) is 2.43. The molecule has 106 valence electrons. The van der Waals surface area contributed by atoms with Crippen molar-refractivity contribution in [1.29, 1.82) is 0 Å². The van der Waals surface area contributed by atoms with Crippen LogP contribution in [0, 0.1) is 0 Å². The molecule has 0 aliphatic carbocycles. The first-order valence-corrected chi connectivity index (χ1v) is 8.37. The van der Waals surface area contributed by atoms with Crippen LogP contribution in [-0.2, 0) is 28.6 Å². The highest BCUT2D eigenvalue weighted by molar-refractivity contribution is 7.90. The average Bonchev–Trinajstić information content (AvgIpc) is 2.68. The minimum Gasteiger partial charge on any atom is -0.314 e. The Morgan fingerprint density at radius 2 is 2.05 bits per heavy atom. The summed E-state index contributed by atoms with van der Waals surface area (Å²) >= 11 is 0. The summed E-state index contributed by atoms with van der Waals surface area (Å²) in [5, 5.41) is 8.27. The molecular weight excluding hydrogens is 276 g/mol. The predicted molar refractivity (Wildman–Crippen MR) is 72.7 cm³/mol. The van der Waals surface area contributed by atoms with Crippen molar-refractivity contribution in [3.05, 3.63) is 36.0 Å². The number of fused-ring (bicyclic) bond motifs is 1. The zero-order valence-corrected chi connectivity index (χ0v) is 11.9. The maximum Gasteiger partial charge on any atom is 0.202 e. The zero-order valence-electron chi connectivity index (χ0n) is 11.1. The maximum atomic E-state index is 12.3. The Kier molecular flexibility index (Phi) is 3.52. The molecular formula is C13H16N4O2S. The third-order valence-electron chi connectivity index (χ3n) is 3.46. The van der Waals surface area contributed by atoms with Gasteiger partial charge in [-0.1, -0.05) is 12.5 Å². The van der Waals surface area contributed by atoms with E-state index in [9.17, 15) is 8.42 Å². The van der Waals surface area contributed by atoms with Crippen LogP contribution in [0.2, 0.25) is 0 Å². The lowest BCUT2D eigenvalue weighted by molar-refractivity contribution is 0.580. The summed E-state index contributed by atoms with van der Waals surface area (Å²) in [7, 11) is -3.46. The van der Waals surface area contributed by atoms with Gasteiger partial charge in [-0.3, -0.25) is 0 Å². The Hall–Kier alpha value is -1.76. The molecule has 6 nitrogen and oxygen atoms in total. The summed E-state index contributed by atoms with van der Waals surface area (Å²) in [4.78, 5) is 3.92. The monoisotopic (exact) mass is 292 g/mol. The molecule has 0 N–H and O–H groups in total. The largest absolute Gasteiger partial charge is 0.314 e. The fourth-order valence-corrected chi connectivity index (χ4v) is 3.64. The van der Waals surface area contributed by atoms with Crippen molar-refractivity contribution < 1.29 is 8.42 Å². The van der Waals surface area contributed by atoms with Crippen molar-refractivity contribution in [2.45, 2.75) is 43.0 Å². The van der Waals surface area contributed by atoms with E-state index >= 15 is 0 Å². The van der Waals surface area contributed by atoms with Crippen molar-refractivity contribution in [3.8, 4) is 0 Å². The van der Waals surface area contributed by atoms with Gasteiger partial charge in [0.05, 0.1) is 0 Å². The Morgan fingerprint density at radius 1 is 1.15 bits per heavy atom. The van der Waals surface area contributed by atoms with Crippen LogP contribution in [0.5, 0.6) is 0 Å². The Balaban J connectivity index is 1.90. The molecule has 3 heterocycles. The van der Waals surface area contributed by atoms with Gasteiger partial charge in [0.1, 0.15) is 17.4 Å². The van der Waals surface area contributed by atoms with Crippen molar-refractivity contribution in [2.24, 2.45) is 0 Å². The van der Waals surface area contributed by atoms with Gasteiger partial charge in [-0.05, 0) is 25.0 Å². The van der Waals surface area contributed by atoms with Gasteiger partial charge >= 0.3 is 0 Å². The van der Waals surface area contributed by atoms with Gasteiger partial charge in [-0.2, -0.15) is 0 Å². The van der Waals surface area contributed by atoms with Gasteiger partial charge in [-0.25, -0.2) is 13.4 Å². The number of pyridine rings is 1. The molecule has 0 aromatic carbocycles. The molecule has 0 unspecified atom stereocenters. The molecule has 3 rings (SSSR count). The SMILES string of the molecule is O=S(=O)(Cc1nnc2n1CCCCC2)c1ccccn1. The van der Waals surface area contributed by atoms with Crippen LogP contribution < -0.4 is 0 Å². The Bertz CT molecular complexity index is 694. The molecule has 1 aliphatic rings. The van der Waals surface area contributed by atoms with E-state index in [2.05, 4.69) is 15.2 Å². The molecule has 0 atom stereocenters. The van der Waals surface area contributed by atoms with Crippen LogP contribution in [0.25, 0.3) is 0 Å². The second-order valence-electron chi connectivity index (χ2n) is 4.92. The van der Waals surface area contributed by atoms with Crippen LogP contribution in [0.3, 0.4) is 0 Å². The van der Waals surface area contributed by atoms with E-state index in [-0.39, 0.29) is 10.8 Å². The number of aryl methyl sites for hydroxylation is 1. The van der Waals surface area contributed by atoms with E-state index in [1.807, 2.05) is 4.57 Å². The molecule has 20 heavy (non-hydrogen) atoms. The van der Waals surface area contributed by atoms with Gasteiger partial charge in [0.25, 0.3) is 0 Å². The fraction of sp³-hybridized carbons (Fsp3) is 0.462. The number of sulfone groups is 1. The average molecular weight is 292 g/mol. The van der Waals surface area contributed by atoms with E-state index in [1.54, 1.807) is 12.1 Å². The van der Waals surface area contributed by atoms with Gasteiger partial charge in [0.15, 0.2) is 5.03 Å². The molecule has 0 amide bonds. The summed E-state index contributed by atoms with van der Waals surface area (Å²) in [6.07, 6.45) is 5.64. The van der Waals surface area contributed by atoms with E-state index < -0.39 is 9.84 Å².